The number of pyridine rings is 1. The summed E-state index contributed by atoms with van der Waals surface area (Å²) in [5, 5.41) is 39.2. The smallest absolute Gasteiger partial charge is 0.305 e. The van der Waals surface area contributed by atoms with Gasteiger partial charge in [0.2, 0.25) is 5.91 Å². The molecule has 1 aromatic heterocycles. The number of hydrogen-bond donors (Lipinski definition) is 8. The molecule has 15 heteroatoms. The first-order valence-electron chi connectivity index (χ1n) is 10.5. The molecule has 0 radical (unpaired) electrons. The second-order valence-corrected chi connectivity index (χ2v) is 8.55. The van der Waals surface area contributed by atoms with Gasteiger partial charge in [-0.2, -0.15) is 0 Å². The zero-order valence-corrected chi connectivity index (χ0v) is 20.0. The van der Waals surface area contributed by atoms with Crippen molar-refractivity contribution >= 4 is 52.6 Å². The molecule has 1 aliphatic heterocycles. The first-order valence-corrected chi connectivity index (χ1v) is 11.2. The lowest BCUT2D eigenvalue weighted by atomic mass is 10.0. The third kappa shape index (κ3) is 7.10. The zero-order valence-electron chi connectivity index (χ0n) is 18.5. The van der Waals surface area contributed by atoms with Crippen LogP contribution in [0.3, 0.4) is 0 Å². The molecule has 0 saturated carbocycles. The highest BCUT2D eigenvalue weighted by Crippen LogP contribution is 2.36. The number of phenolic OH excluding ortho intramolecular Hbond substituents is 1. The summed E-state index contributed by atoms with van der Waals surface area (Å²) in [6, 6.07) is 2.60. The van der Waals surface area contributed by atoms with Crippen LogP contribution >= 0.6 is 23.2 Å². The summed E-state index contributed by atoms with van der Waals surface area (Å²) in [6.45, 7) is -0.163. The molecule has 3 rings (SSSR count). The molecular weight excluding hydrogens is 519 g/mol. The summed E-state index contributed by atoms with van der Waals surface area (Å²) in [5.41, 5.74) is -0.513. The van der Waals surface area contributed by atoms with Crippen LogP contribution < -0.4 is 26.8 Å². The number of carbonyl (C=O) groups is 3. The molecular formula is C21H22Cl2N6O7. The minimum atomic E-state index is -1.26. The Morgan fingerprint density at radius 3 is 2.64 bits per heavy atom. The number of aromatic nitrogens is 1. The molecule has 0 aliphatic carbocycles. The van der Waals surface area contributed by atoms with Gasteiger partial charge in [-0.1, -0.05) is 23.2 Å². The predicted octanol–water partition coefficient (Wildman–Crippen LogP) is 0.181. The van der Waals surface area contributed by atoms with E-state index in [1.165, 1.54) is 18.2 Å². The van der Waals surface area contributed by atoms with Crippen LogP contribution in [-0.4, -0.2) is 69.8 Å². The number of benzene rings is 1. The van der Waals surface area contributed by atoms with Gasteiger partial charge in [-0.05, 0) is 18.2 Å². The van der Waals surface area contributed by atoms with Crippen molar-refractivity contribution in [2.24, 2.45) is 4.99 Å². The number of aliphatic hydroxyl groups is 1. The van der Waals surface area contributed by atoms with E-state index in [0.717, 1.165) is 6.20 Å². The number of aromatic hydroxyl groups is 1. The Hall–Kier alpha value is -3.81. The number of rotatable bonds is 8. The normalized spacial score (nSPS) is 15.8. The highest BCUT2D eigenvalue weighted by atomic mass is 35.5. The fraction of sp³-hybridized carbons (Fsp3) is 0.286. The Morgan fingerprint density at radius 1 is 1.22 bits per heavy atom. The fourth-order valence-corrected chi connectivity index (χ4v) is 3.73. The zero-order chi connectivity index (χ0) is 26.4. The average molecular weight is 541 g/mol. The highest BCUT2D eigenvalue weighted by Gasteiger charge is 2.23. The number of carbonyl (C=O) groups excluding carboxylic acids is 2. The number of carboxylic acid groups (broad SMARTS) is 1. The third-order valence-electron chi connectivity index (χ3n) is 4.94. The van der Waals surface area contributed by atoms with Gasteiger partial charge in [0, 0.05) is 23.3 Å². The lowest BCUT2D eigenvalue weighted by Gasteiger charge is -2.20. The number of aromatic amines is 1. The van der Waals surface area contributed by atoms with Gasteiger partial charge >= 0.3 is 5.97 Å². The van der Waals surface area contributed by atoms with Gasteiger partial charge in [0.1, 0.15) is 11.4 Å². The van der Waals surface area contributed by atoms with E-state index in [4.69, 9.17) is 23.2 Å². The third-order valence-corrected chi connectivity index (χ3v) is 5.45. The molecule has 13 nitrogen and oxygen atoms in total. The molecule has 8 N–H and O–H groups in total. The van der Waals surface area contributed by atoms with Crippen LogP contribution in [0.4, 0.5) is 5.69 Å². The number of phenols is 1. The molecule has 1 aliphatic rings. The molecule has 2 heterocycles. The van der Waals surface area contributed by atoms with Crippen molar-refractivity contribution in [3.05, 3.63) is 55.9 Å². The van der Waals surface area contributed by atoms with Gasteiger partial charge in [-0.25, -0.2) is 0 Å². The molecule has 2 aromatic rings. The maximum Gasteiger partial charge on any atom is 0.305 e. The van der Waals surface area contributed by atoms with Gasteiger partial charge < -0.3 is 41.6 Å². The van der Waals surface area contributed by atoms with Crippen molar-refractivity contribution in [1.29, 1.82) is 0 Å². The largest absolute Gasteiger partial charge is 0.506 e. The summed E-state index contributed by atoms with van der Waals surface area (Å²) in [4.78, 5) is 54.8. The first kappa shape index (κ1) is 26.8. The van der Waals surface area contributed by atoms with Gasteiger partial charge in [0.25, 0.3) is 11.5 Å². The number of aliphatic carboxylic acids is 1. The first-order chi connectivity index (χ1) is 17.0. The summed E-state index contributed by atoms with van der Waals surface area (Å²) in [6.07, 6.45) is -0.0831. The van der Waals surface area contributed by atoms with Crippen LogP contribution in [-0.2, 0) is 9.59 Å². The van der Waals surface area contributed by atoms with Crippen LogP contribution in [0, 0.1) is 0 Å². The molecule has 0 spiro atoms. The SMILES string of the molecule is O=C(O)C[C@@H](NC(=O)CNC(=O)c1c[nH]c(=O)c(NC2=NCC(O)CN2)c1)c1cc(Cl)cc(Cl)c1O. The van der Waals surface area contributed by atoms with Crippen LogP contribution in [0.2, 0.25) is 10.0 Å². The van der Waals surface area contributed by atoms with Crippen LogP contribution in [0.25, 0.3) is 0 Å². The Morgan fingerprint density at radius 2 is 1.97 bits per heavy atom. The number of halogens is 2. The second kappa shape index (κ2) is 11.7. The molecule has 192 valence electrons. The number of aliphatic hydroxyl groups excluding tert-OH is 1. The van der Waals surface area contributed by atoms with E-state index in [9.17, 15) is 34.5 Å². The number of nitrogens with zero attached hydrogens (tertiary/aromatic N) is 1. The fourth-order valence-electron chi connectivity index (χ4n) is 3.22. The Kier molecular flexibility index (Phi) is 8.74. The van der Waals surface area contributed by atoms with E-state index in [0.29, 0.717) is 0 Å². The van der Waals surface area contributed by atoms with E-state index < -0.39 is 54.2 Å². The molecule has 0 saturated heterocycles. The van der Waals surface area contributed by atoms with Crippen LogP contribution in [0.15, 0.2) is 34.2 Å². The Balaban J connectivity index is 1.66. The number of guanidine groups is 1. The number of carboxylic acids is 1. The second-order valence-electron chi connectivity index (χ2n) is 7.71. The quantitative estimate of drug-likeness (QED) is 0.229. The minimum Gasteiger partial charge on any atom is -0.506 e. The summed E-state index contributed by atoms with van der Waals surface area (Å²) >= 11 is 11.8. The molecule has 2 atom stereocenters. The maximum atomic E-state index is 12.5. The van der Waals surface area contributed by atoms with E-state index >= 15 is 0 Å². The number of anilines is 1. The molecule has 0 fully saturated rings. The monoisotopic (exact) mass is 540 g/mol. The van der Waals surface area contributed by atoms with Crippen molar-refractivity contribution in [2.45, 2.75) is 18.6 Å². The lowest BCUT2D eigenvalue weighted by Crippen LogP contribution is -2.43. The number of β-amino-alcohol motifs (C(OH)–C–C–N with tert-alkyl or cyclic N) is 1. The maximum absolute atomic E-state index is 12.5. The molecule has 1 unspecified atom stereocenters. The summed E-state index contributed by atoms with van der Waals surface area (Å²) in [5.74, 6) is -2.92. The van der Waals surface area contributed by atoms with Crippen molar-refractivity contribution in [2.75, 3.05) is 25.0 Å². The van der Waals surface area contributed by atoms with E-state index in [1.807, 2.05) is 0 Å². The standard InChI is InChI=1S/C21H22Cl2N6O7/c22-10-2-12(18(34)13(23)3-10)14(4-17(32)33)28-16(31)8-25-19(35)9-1-15(20(36)24-5-9)29-21-26-6-11(30)7-27-21/h1-3,5,11,14,30,34H,4,6-8H2,(H,24,36)(H,25,35)(H,28,31)(H,32,33)(H2,26,27,29)/t14-/m1/s1. The van der Waals surface area contributed by atoms with Gasteiger partial charge in [-0.3, -0.25) is 24.2 Å². The molecule has 1 aromatic carbocycles. The predicted molar refractivity (Wildman–Crippen MR) is 131 cm³/mol. The number of nitrogens with one attached hydrogen (secondary N) is 5. The number of hydrogen-bond acceptors (Lipinski definition) is 9. The highest BCUT2D eigenvalue weighted by molar-refractivity contribution is 6.35. The van der Waals surface area contributed by atoms with Crippen molar-refractivity contribution in [3.63, 3.8) is 0 Å². The van der Waals surface area contributed by atoms with E-state index in [2.05, 4.69) is 31.2 Å². The summed E-state index contributed by atoms with van der Waals surface area (Å²) in [7, 11) is 0. The topological polar surface area (TPSA) is 205 Å². The Bertz CT molecular complexity index is 1270. The van der Waals surface area contributed by atoms with E-state index in [-0.39, 0.29) is 45.9 Å². The van der Waals surface area contributed by atoms with Crippen LogP contribution in [0.1, 0.15) is 28.4 Å². The minimum absolute atomic E-state index is 0.00215. The summed E-state index contributed by atoms with van der Waals surface area (Å²) < 4.78 is 0. The average Bonchev–Trinajstić information content (AvgIpc) is 2.82. The van der Waals surface area contributed by atoms with Crippen molar-refractivity contribution in [1.82, 2.24) is 20.9 Å². The molecule has 0 bridgehead atoms. The molecule has 36 heavy (non-hydrogen) atoms. The van der Waals surface area contributed by atoms with Gasteiger partial charge in [-0.15, -0.1) is 0 Å². The van der Waals surface area contributed by atoms with E-state index in [1.54, 1.807) is 0 Å². The lowest BCUT2D eigenvalue weighted by molar-refractivity contribution is -0.137. The number of aliphatic imine (C=N–C) groups is 1. The van der Waals surface area contributed by atoms with Gasteiger partial charge in [0.05, 0.1) is 42.2 Å². The molecule has 2 amide bonds. The van der Waals surface area contributed by atoms with Gasteiger partial charge in [0.15, 0.2) is 5.96 Å². The van der Waals surface area contributed by atoms with Crippen LogP contribution in [0.5, 0.6) is 5.75 Å². The Labute approximate surface area is 213 Å². The van der Waals surface area contributed by atoms with Crippen molar-refractivity contribution < 1.29 is 29.7 Å². The number of amides is 2. The van der Waals surface area contributed by atoms with Crippen molar-refractivity contribution in [3.8, 4) is 5.75 Å². The number of H-pyrrole nitrogens is 1.